The van der Waals surface area contributed by atoms with Crippen LogP contribution in [-0.2, 0) is 17.9 Å². The van der Waals surface area contributed by atoms with E-state index in [0.29, 0.717) is 24.6 Å². The summed E-state index contributed by atoms with van der Waals surface area (Å²) in [4.78, 5) is 8.71. The van der Waals surface area contributed by atoms with E-state index in [2.05, 4.69) is 27.4 Å². The Morgan fingerprint density at radius 2 is 1.79 bits per heavy atom. The number of anilines is 1. The van der Waals surface area contributed by atoms with Gasteiger partial charge in [-0.2, -0.15) is 0 Å². The number of hydrogen-bond donors (Lipinski definition) is 1. The van der Waals surface area contributed by atoms with Crippen LogP contribution in [0.5, 0.6) is 0 Å². The van der Waals surface area contributed by atoms with E-state index < -0.39 is 0 Å². The summed E-state index contributed by atoms with van der Waals surface area (Å²) < 4.78 is 11.2. The van der Waals surface area contributed by atoms with E-state index in [9.17, 15) is 0 Å². The van der Waals surface area contributed by atoms with Crippen molar-refractivity contribution in [3.63, 3.8) is 0 Å². The molecule has 0 aliphatic heterocycles. The van der Waals surface area contributed by atoms with Crippen molar-refractivity contribution in [1.82, 2.24) is 9.97 Å². The molecule has 0 saturated carbocycles. The second-order valence-corrected chi connectivity index (χ2v) is 5.55. The number of ether oxygens (including phenoxy) is 1. The number of nitrogens with one attached hydrogen (secondary N) is 1. The highest BCUT2D eigenvalue weighted by molar-refractivity contribution is 6.05. The Labute approximate surface area is 139 Å². The Kier molecular flexibility index (Phi) is 3.84. The van der Waals surface area contributed by atoms with Gasteiger partial charge in [0.15, 0.2) is 11.4 Å². The number of aromatic nitrogens is 2. The summed E-state index contributed by atoms with van der Waals surface area (Å²) in [6.07, 6.45) is 1.56. The molecule has 0 amide bonds. The molecule has 0 saturated heterocycles. The fourth-order valence-electron chi connectivity index (χ4n) is 2.85. The average Bonchev–Trinajstić information content (AvgIpc) is 3.01. The van der Waals surface area contributed by atoms with Crippen molar-refractivity contribution >= 4 is 27.9 Å². The van der Waals surface area contributed by atoms with Gasteiger partial charge in [-0.3, -0.25) is 0 Å². The van der Waals surface area contributed by atoms with Crippen LogP contribution >= 0.6 is 0 Å². The lowest BCUT2D eigenvalue weighted by molar-refractivity contribution is 0.184. The van der Waals surface area contributed by atoms with E-state index in [1.54, 1.807) is 13.4 Å². The highest BCUT2D eigenvalue weighted by Gasteiger charge is 2.12. The quantitative estimate of drug-likeness (QED) is 0.599. The van der Waals surface area contributed by atoms with Gasteiger partial charge in [0, 0.05) is 19.0 Å². The van der Waals surface area contributed by atoms with Crippen LogP contribution in [0.4, 0.5) is 5.82 Å². The van der Waals surface area contributed by atoms with Crippen LogP contribution in [0.15, 0.2) is 59.3 Å². The zero-order valence-electron chi connectivity index (χ0n) is 13.3. The van der Waals surface area contributed by atoms with Gasteiger partial charge in [-0.15, -0.1) is 0 Å². The molecule has 0 aliphatic carbocycles. The normalized spacial score (nSPS) is 11.2. The molecule has 120 valence electrons. The minimum atomic E-state index is 0.585. The lowest BCUT2D eigenvalue weighted by Crippen LogP contribution is -2.05. The number of fused-ring (bicyclic) bond motifs is 3. The summed E-state index contributed by atoms with van der Waals surface area (Å²) in [5, 5.41) is 4.36. The number of methoxy groups -OCH3 is 1. The van der Waals surface area contributed by atoms with Crippen LogP contribution in [-0.4, -0.2) is 17.1 Å². The third kappa shape index (κ3) is 2.59. The molecule has 0 unspecified atom stereocenters. The highest BCUT2D eigenvalue weighted by atomic mass is 16.5. The van der Waals surface area contributed by atoms with Crippen LogP contribution in [0, 0.1) is 0 Å². The number of para-hydroxylation sites is 1. The van der Waals surface area contributed by atoms with Crippen LogP contribution in [0.25, 0.3) is 22.1 Å². The first-order valence-corrected chi connectivity index (χ1v) is 7.78. The molecule has 0 bridgehead atoms. The maximum absolute atomic E-state index is 5.94. The molecule has 0 fully saturated rings. The zero-order valence-corrected chi connectivity index (χ0v) is 13.3. The minimum absolute atomic E-state index is 0.585. The molecule has 4 rings (SSSR count). The monoisotopic (exact) mass is 319 g/mol. The highest BCUT2D eigenvalue weighted by Crippen LogP contribution is 2.30. The predicted molar refractivity (Wildman–Crippen MR) is 93.8 cm³/mol. The molecule has 0 atom stereocenters. The Morgan fingerprint density at radius 3 is 2.67 bits per heavy atom. The lowest BCUT2D eigenvalue weighted by Gasteiger charge is -2.10. The van der Waals surface area contributed by atoms with Crippen LogP contribution in [0.1, 0.15) is 11.1 Å². The Balaban J connectivity index is 1.68. The van der Waals surface area contributed by atoms with Gasteiger partial charge in [0.05, 0.1) is 6.61 Å². The summed E-state index contributed by atoms with van der Waals surface area (Å²) >= 11 is 0. The third-order valence-corrected chi connectivity index (χ3v) is 4.02. The standard InChI is InChI=1S/C19H17N3O2/c1-23-11-14-7-3-2-6-13(14)10-20-19-18-17(21-12-22-19)15-8-4-5-9-16(15)24-18/h2-9,12H,10-11H2,1H3,(H,20,21,22). The van der Waals surface area contributed by atoms with Gasteiger partial charge in [-0.25, -0.2) is 9.97 Å². The number of hydrogen-bond acceptors (Lipinski definition) is 5. The molecule has 1 N–H and O–H groups in total. The molecule has 5 nitrogen and oxygen atoms in total. The first-order valence-electron chi connectivity index (χ1n) is 7.78. The maximum atomic E-state index is 5.94. The molecule has 2 heterocycles. The molecule has 0 aliphatic rings. The minimum Gasteiger partial charge on any atom is -0.450 e. The molecular formula is C19H17N3O2. The fraction of sp³-hybridized carbons (Fsp3) is 0.158. The van der Waals surface area contributed by atoms with Crippen molar-refractivity contribution in [3.8, 4) is 0 Å². The number of furan rings is 1. The molecular weight excluding hydrogens is 302 g/mol. The van der Waals surface area contributed by atoms with Crippen molar-refractivity contribution in [3.05, 3.63) is 66.0 Å². The second kappa shape index (κ2) is 6.29. The summed E-state index contributed by atoms with van der Waals surface area (Å²) in [6.45, 7) is 1.23. The summed E-state index contributed by atoms with van der Waals surface area (Å²) in [5.74, 6) is 0.698. The predicted octanol–water partition coefficient (Wildman–Crippen LogP) is 4.13. The molecule has 4 aromatic rings. The smallest absolute Gasteiger partial charge is 0.196 e. The van der Waals surface area contributed by atoms with E-state index in [4.69, 9.17) is 9.15 Å². The van der Waals surface area contributed by atoms with Crippen molar-refractivity contribution < 1.29 is 9.15 Å². The van der Waals surface area contributed by atoms with Crippen LogP contribution in [0.3, 0.4) is 0 Å². The summed E-state index contributed by atoms with van der Waals surface area (Å²) in [7, 11) is 1.70. The fourth-order valence-corrected chi connectivity index (χ4v) is 2.85. The second-order valence-electron chi connectivity index (χ2n) is 5.55. The van der Waals surface area contributed by atoms with Crippen molar-refractivity contribution in [2.45, 2.75) is 13.2 Å². The van der Waals surface area contributed by atoms with Gasteiger partial charge in [-0.05, 0) is 23.3 Å². The SMILES string of the molecule is COCc1ccccc1CNc1ncnc2c1oc1ccccc12. The van der Waals surface area contributed by atoms with Crippen LogP contribution in [0.2, 0.25) is 0 Å². The topological polar surface area (TPSA) is 60.2 Å². The van der Waals surface area contributed by atoms with Crippen LogP contribution < -0.4 is 5.32 Å². The van der Waals surface area contributed by atoms with Gasteiger partial charge in [0.25, 0.3) is 0 Å². The Bertz CT molecular complexity index is 994. The molecule has 2 aromatic heterocycles. The Hall–Kier alpha value is -2.92. The molecule has 2 aromatic carbocycles. The average molecular weight is 319 g/mol. The number of nitrogens with zero attached hydrogens (tertiary/aromatic N) is 2. The van der Waals surface area contributed by atoms with Crippen molar-refractivity contribution in [2.24, 2.45) is 0 Å². The largest absolute Gasteiger partial charge is 0.450 e. The molecule has 24 heavy (non-hydrogen) atoms. The molecule has 5 heteroatoms. The third-order valence-electron chi connectivity index (χ3n) is 4.02. The van der Waals surface area contributed by atoms with Crippen molar-refractivity contribution in [2.75, 3.05) is 12.4 Å². The van der Waals surface area contributed by atoms with E-state index >= 15 is 0 Å². The summed E-state index contributed by atoms with van der Waals surface area (Å²) in [5.41, 5.74) is 4.65. The van der Waals surface area contributed by atoms with Gasteiger partial charge < -0.3 is 14.5 Å². The van der Waals surface area contributed by atoms with E-state index in [0.717, 1.165) is 22.0 Å². The summed E-state index contributed by atoms with van der Waals surface area (Å²) in [6, 6.07) is 16.1. The van der Waals surface area contributed by atoms with Crippen molar-refractivity contribution in [1.29, 1.82) is 0 Å². The zero-order chi connectivity index (χ0) is 16.4. The van der Waals surface area contributed by atoms with Gasteiger partial charge in [0.2, 0.25) is 0 Å². The maximum Gasteiger partial charge on any atom is 0.196 e. The number of benzene rings is 2. The first-order chi connectivity index (χ1) is 11.9. The first kappa shape index (κ1) is 14.7. The lowest BCUT2D eigenvalue weighted by atomic mass is 10.1. The van der Waals surface area contributed by atoms with E-state index in [-0.39, 0.29) is 0 Å². The van der Waals surface area contributed by atoms with Gasteiger partial charge >= 0.3 is 0 Å². The Morgan fingerprint density at radius 1 is 1.00 bits per heavy atom. The number of rotatable bonds is 5. The van der Waals surface area contributed by atoms with E-state index in [1.165, 1.54) is 5.56 Å². The molecule has 0 radical (unpaired) electrons. The molecule has 0 spiro atoms. The van der Waals surface area contributed by atoms with E-state index in [1.807, 2.05) is 36.4 Å². The van der Waals surface area contributed by atoms with Gasteiger partial charge in [0.1, 0.15) is 17.4 Å². The van der Waals surface area contributed by atoms with Gasteiger partial charge in [-0.1, -0.05) is 36.4 Å².